The number of benzene rings is 1. The van der Waals surface area contributed by atoms with E-state index in [1.807, 2.05) is 12.1 Å². The third-order valence-electron chi connectivity index (χ3n) is 3.81. The van der Waals surface area contributed by atoms with Crippen LogP contribution in [0.1, 0.15) is 38.4 Å². The molecule has 1 fully saturated rings. The Morgan fingerprint density at radius 1 is 1.33 bits per heavy atom. The van der Waals surface area contributed by atoms with E-state index in [4.69, 9.17) is 4.74 Å². The molecule has 1 N–H and O–H groups in total. The van der Waals surface area contributed by atoms with E-state index < -0.39 is 6.10 Å². The van der Waals surface area contributed by atoms with Crippen LogP contribution in [-0.4, -0.2) is 25.3 Å². The molecule has 1 aromatic carbocycles. The smallest absolute Gasteiger partial charge is 0.126 e. The summed E-state index contributed by atoms with van der Waals surface area (Å²) in [6.45, 7) is 6.23. The fraction of sp³-hybridized carbons (Fsp3) is 0.600. The summed E-state index contributed by atoms with van der Waals surface area (Å²) in [5.41, 5.74) is 2.03. The van der Waals surface area contributed by atoms with Crippen LogP contribution < -0.4 is 9.64 Å². The SMILES string of the molecule is COc1cccc(N2CCC(C)CC2)c1[C@@H](C)O. The van der Waals surface area contributed by atoms with Crippen molar-refractivity contribution in [3.8, 4) is 5.75 Å². The Balaban J connectivity index is 2.32. The van der Waals surface area contributed by atoms with Gasteiger partial charge in [0.25, 0.3) is 0 Å². The molecule has 1 aliphatic heterocycles. The van der Waals surface area contributed by atoms with Crippen molar-refractivity contribution in [2.24, 2.45) is 5.92 Å². The number of nitrogens with zero attached hydrogens (tertiary/aromatic N) is 1. The average molecular weight is 249 g/mol. The minimum absolute atomic E-state index is 0.504. The number of anilines is 1. The van der Waals surface area contributed by atoms with Gasteiger partial charge in [-0.15, -0.1) is 0 Å². The van der Waals surface area contributed by atoms with Gasteiger partial charge in [-0.2, -0.15) is 0 Å². The van der Waals surface area contributed by atoms with Crippen LogP contribution in [0.15, 0.2) is 18.2 Å². The first-order valence-corrected chi connectivity index (χ1v) is 6.73. The molecular weight excluding hydrogens is 226 g/mol. The van der Waals surface area contributed by atoms with Crippen LogP contribution in [0.25, 0.3) is 0 Å². The highest BCUT2D eigenvalue weighted by atomic mass is 16.5. The quantitative estimate of drug-likeness (QED) is 0.894. The van der Waals surface area contributed by atoms with Crippen LogP contribution in [0.4, 0.5) is 5.69 Å². The van der Waals surface area contributed by atoms with Gasteiger partial charge in [0, 0.05) is 24.3 Å². The van der Waals surface area contributed by atoms with Crippen molar-refractivity contribution in [1.29, 1.82) is 0 Å². The number of methoxy groups -OCH3 is 1. The summed E-state index contributed by atoms with van der Waals surface area (Å²) in [6, 6.07) is 6.00. The van der Waals surface area contributed by atoms with E-state index in [9.17, 15) is 5.11 Å². The van der Waals surface area contributed by atoms with Gasteiger partial charge >= 0.3 is 0 Å². The maximum atomic E-state index is 9.99. The summed E-state index contributed by atoms with van der Waals surface area (Å²) in [4.78, 5) is 2.37. The van der Waals surface area contributed by atoms with E-state index in [2.05, 4.69) is 17.9 Å². The number of ether oxygens (including phenoxy) is 1. The Hall–Kier alpha value is -1.22. The average Bonchev–Trinajstić information content (AvgIpc) is 2.38. The van der Waals surface area contributed by atoms with E-state index in [1.165, 1.54) is 12.8 Å². The van der Waals surface area contributed by atoms with E-state index >= 15 is 0 Å². The highest BCUT2D eigenvalue weighted by Crippen LogP contribution is 2.36. The van der Waals surface area contributed by atoms with E-state index in [1.54, 1.807) is 14.0 Å². The number of aliphatic hydroxyl groups excluding tert-OH is 1. The largest absolute Gasteiger partial charge is 0.496 e. The Bertz CT molecular complexity index is 395. The second-order valence-corrected chi connectivity index (χ2v) is 5.24. The predicted octanol–water partition coefficient (Wildman–Crippen LogP) is 2.98. The molecule has 2 rings (SSSR count). The third-order valence-corrected chi connectivity index (χ3v) is 3.81. The zero-order chi connectivity index (χ0) is 13.1. The lowest BCUT2D eigenvalue weighted by atomic mass is 9.97. The minimum atomic E-state index is -0.504. The summed E-state index contributed by atoms with van der Waals surface area (Å²) >= 11 is 0. The van der Waals surface area contributed by atoms with Crippen LogP contribution in [0, 0.1) is 5.92 Å². The van der Waals surface area contributed by atoms with Gasteiger partial charge in [-0.1, -0.05) is 13.0 Å². The third kappa shape index (κ3) is 2.61. The number of aliphatic hydroxyl groups is 1. The lowest BCUT2D eigenvalue weighted by Crippen LogP contribution is -2.33. The number of hydrogen-bond donors (Lipinski definition) is 1. The molecule has 0 bridgehead atoms. The first-order valence-electron chi connectivity index (χ1n) is 6.73. The second kappa shape index (κ2) is 5.61. The maximum absolute atomic E-state index is 9.99. The summed E-state index contributed by atoms with van der Waals surface area (Å²) in [7, 11) is 1.66. The Labute approximate surface area is 109 Å². The molecule has 1 saturated heterocycles. The molecule has 0 aliphatic carbocycles. The minimum Gasteiger partial charge on any atom is -0.496 e. The van der Waals surface area contributed by atoms with Crippen molar-refractivity contribution in [2.75, 3.05) is 25.1 Å². The van der Waals surface area contributed by atoms with Crippen molar-refractivity contribution >= 4 is 5.69 Å². The molecule has 0 spiro atoms. The summed E-state index contributed by atoms with van der Waals surface area (Å²) in [6.07, 6.45) is 1.93. The zero-order valence-corrected chi connectivity index (χ0v) is 11.5. The number of rotatable bonds is 3. The summed E-state index contributed by atoms with van der Waals surface area (Å²) in [5.74, 6) is 1.59. The van der Waals surface area contributed by atoms with Crippen LogP contribution in [0.5, 0.6) is 5.75 Å². The fourth-order valence-corrected chi connectivity index (χ4v) is 2.66. The lowest BCUT2D eigenvalue weighted by molar-refractivity contribution is 0.194. The highest BCUT2D eigenvalue weighted by molar-refractivity contribution is 5.60. The number of hydrogen-bond acceptors (Lipinski definition) is 3. The molecule has 100 valence electrons. The Morgan fingerprint density at radius 3 is 2.56 bits per heavy atom. The molecule has 18 heavy (non-hydrogen) atoms. The van der Waals surface area contributed by atoms with Crippen molar-refractivity contribution in [3.63, 3.8) is 0 Å². The molecule has 0 radical (unpaired) electrons. The van der Waals surface area contributed by atoms with Crippen molar-refractivity contribution in [2.45, 2.75) is 32.8 Å². The molecule has 0 saturated carbocycles. The normalized spacial score (nSPS) is 18.8. The molecule has 1 aliphatic rings. The molecular formula is C15H23NO2. The van der Waals surface area contributed by atoms with Crippen LogP contribution >= 0.6 is 0 Å². The molecule has 3 heteroatoms. The van der Waals surface area contributed by atoms with Crippen LogP contribution in [0.3, 0.4) is 0 Å². The van der Waals surface area contributed by atoms with Crippen molar-refractivity contribution in [3.05, 3.63) is 23.8 Å². The van der Waals surface area contributed by atoms with E-state index in [-0.39, 0.29) is 0 Å². The first kappa shape index (κ1) is 13.2. The summed E-state index contributed by atoms with van der Waals surface area (Å²) in [5, 5.41) is 9.99. The summed E-state index contributed by atoms with van der Waals surface area (Å²) < 4.78 is 5.37. The van der Waals surface area contributed by atoms with Gasteiger partial charge < -0.3 is 14.7 Å². The van der Waals surface area contributed by atoms with Crippen molar-refractivity contribution < 1.29 is 9.84 Å². The molecule has 0 unspecified atom stereocenters. The Kier molecular flexibility index (Phi) is 4.12. The highest BCUT2D eigenvalue weighted by Gasteiger charge is 2.22. The first-order chi connectivity index (χ1) is 8.63. The van der Waals surface area contributed by atoms with Gasteiger partial charge in [0.15, 0.2) is 0 Å². The molecule has 1 heterocycles. The monoisotopic (exact) mass is 249 g/mol. The van der Waals surface area contributed by atoms with E-state index in [0.717, 1.165) is 36.0 Å². The van der Waals surface area contributed by atoms with Gasteiger partial charge in [-0.3, -0.25) is 0 Å². The molecule has 1 atom stereocenters. The van der Waals surface area contributed by atoms with Crippen LogP contribution in [-0.2, 0) is 0 Å². The molecule has 0 amide bonds. The van der Waals surface area contributed by atoms with Crippen molar-refractivity contribution in [1.82, 2.24) is 0 Å². The molecule has 0 aromatic heterocycles. The topological polar surface area (TPSA) is 32.7 Å². The van der Waals surface area contributed by atoms with Gasteiger partial charge in [0.1, 0.15) is 5.75 Å². The van der Waals surface area contributed by atoms with E-state index in [0.29, 0.717) is 0 Å². The molecule has 1 aromatic rings. The van der Waals surface area contributed by atoms with Gasteiger partial charge in [0.2, 0.25) is 0 Å². The fourth-order valence-electron chi connectivity index (χ4n) is 2.66. The maximum Gasteiger partial charge on any atom is 0.126 e. The van der Waals surface area contributed by atoms with Crippen LogP contribution in [0.2, 0.25) is 0 Å². The second-order valence-electron chi connectivity index (χ2n) is 5.24. The predicted molar refractivity (Wildman–Crippen MR) is 74.2 cm³/mol. The zero-order valence-electron chi connectivity index (χ0n) is 11.5. The van der Waals surface area contributed by atoms with Gasteiger partial charge in [-0.05, 0) is 37.8 Å². The standard InChI is InChI=1S/C15H23NO2/c1-11-7-9-16(10-8-11)13-5-4-6-14(18-3)15(13)12(2)17/h4-6,11-12,17H,7-10H2,1-3H3/t12-/m1/s1. The Morgan fingerprint density at radius 2 is 2.00 bits per heavy atom. The lowest BCUT2D eigenvalue weighted by Gasteiger charge is -2.34. The van der Waals surface area contributed by atoms with Gasteiger partial charge in [-0.25, -0.2) is 0 Å². The number of piperidine rings is 1. The van der Waals surface area contributed by atoms with Gasteiger partial charge in [0.05, 0.1) is 13.2 Å². The molecule has 3 nitrogen and oxygen atoms in total.